The number of aliphatic hydroxyl groups is 1. The predicted octanol–water partition coefficient (Wildman–Crippen LogP) is 3.05. The molecule has 5 nitrogen and oxygen atoms in total. The number of benzene rings is 1. The highest BCUT2D eigenvalue weighted by atomic mass is 32.1. The molecule has 21 heavy (non-hydrogen) atoms. The third kappa shape index (κ3) is 3.96. The van der Waals surface area contributed by atoms with Crippen LogP contribution in [0.2, 0.25) is 0 Å². The second kappa shape index (κ2) is 6.59. The topological polar surface area (TPSA) is 71.5 Å². The van der Waals surface area contributed by atoms with Crippen molar-refractivity contribution in [1.82, 2.24) is 4.98 Å². The molecule has 1 unspecified atom stereocenters. The molecule has 0 aliphatic carbocycles. The van der Waals surface area contributed by atoms with Crippen LogP contribution in [-0.2, 0) is 0 Å². The van der Waals surface area contributed by atoms with E-state index in [-0.39, 0.29) is 16.4 Å². The van der Waals surface area contributed by atoms with Crippen molar-refractivity contribution in [3.63, 3.8) is 0 Å². The van der Waals surface area contributed by atoms with Gasteiger partial charge in [-0.05, 0) is 19.1 Å². The number of anilines is 1. The van der Waals surface area contributed by atoms with Gasteiger partial charge >= 0.3 is 6.61 Å². The second-order valence-corrected chi connectivity index (χ2v) is 4.94. The quantitative estimate of drug-likeness (QED) is 0.890. The van der Waals surface area contributed by atoms with Gasteiger partial charge in [0.15, 0.2) is 5.13 Å². The number of nitrogens with one attached hydrogen (secondary N) is 1. The van der Waals surface area contributed by atoms with E-state index in [1.165, 1.54) is 24.3 Å². The average Bonchev–Trinajstić information content (AvgIpc) is 2.87. The number of alkyl halides is 2. The molecule has 2 aromatic rings. The smallest absolute Gasteiger partial charge is 0.387 e. The number of carbonyl (C=O) groups excluding carboxylic acids is 1. The van der Waals surface area contributed by atoms with Crippen molar-refractivity contribution in [3.05, 3.63) is 40.9 Å². The van der Waals surface area contributed by atoms with Crippen LogP contribution in [0.25, 0.3) is 0 Å². The Hall–Kier alpha value is -2.06. The molecule has 2 rings (SSSR count). The van der Waals surface area contributed by atoms with Crippen molar-refractivity contribution in [1.29, 1.82) is 0 Å². The Balaban J connectivity index is 2.16. The molecule has 1 atom stereocenters. The summed E-state index contributed by atoms with van der Waals surface area (Å²) < 4.78 is 28.9. The highest BCUT2D eigenvalue weighted by Gasteiger charge is 2.17. The van der Waals surface area contributed by atoms with Gasteiger partial charge in [0.25, 0.3) is 5.91 Å². The van der Waals surface area contributed by atoms with E-state index in [0.29, 0.717) is 5.69 Å². The Kier molecular flexibility index (Phi) is 4.81. The van der Waals surface area contributed by atoms with Crippen LogP contribution in [0.1, 0.15) is 29.1 Å². The zero-order valence-corrected chi connectivity index (χ0v) is 11.7. The van der Waals surface area contributed by atoms with E-state index in [4.69, 9.17) is 0 Å². The number of para-hydroxylation sites is 1. The van der Waals surface area contributed by atoms with Crippen LogP contribution in [0.15, 0.2) is 29.6 Å². The lowest BCUT2D eigenvalue weighted by Gasteiger charge is -2.09. The molecule has 0 spiro atoms. The first-order chi connectivity index (χ1) is 9.97. The first kappa shape index (κ1) is 15.3. The normalized spacial score (nSPS) is 12.2. The molecule has 1 heterocycles. The maximum Gasteiger partial charge on any atom is 0.387 e. The summed E-state index contributed by atoms with van der Waals surface area (Å²) in [6, 6.07) is 5.68. The number of ether oxygens (including phenoxy) is 1. The number of amides is 1. The van der Waals surface area contributed by atoms with E-state index in [2.05, 4.69) is 15.0 Å². The van der Waals surface area contributed by atoms with Gasteiger partial charge < -0.3 is 9.84 Å². The molecule has 0 saturated carbocycles. The summed E-state index contributed by atoms with van der Waals surface area (Å²) in [7, 11) is 0. The summed E-state index contributed by atoms with van der Waals surface area (Å²) in [6.45, 7) is -1.47. The highest BCUT2D eigenvalue weighted by molar-refractivity contribution is 7.14. The summed E-state index contributed by atoms with van der Waals surface area (Å²) in [5.74, 6) is -0.824. The number of nitrogens with zero attached hydrogens (tertiary/aromatic N) is 1. The molecule has 1 aromatic heterocycles. The fourth-order valence-corrected chi connectivity index (χ4v) is 2.34. The monoisotopic (exact) mass is 314 g/mol. The third-order valence-electron chi connectivity index (χ3n) is 2.52. The fraction of sp³-hybridized carbons (Fsp3) is 0.231. The highest BCUT2D eigenvalue weighted by Crippen LogP contribution is 2.24. The van der Waals surface area contributed by atoms with Gasteiger partial charge in [0.1, 0.15) is 5.75 Å². The van der Waals surface area contributed by atoms with E-state index < -0.39 is 18.6 Å². The first-order valence-electron chi connectivity index (χ1n) is 5.96. The van der Waals surface area contributed by atoms with Gasteiger partial charge in [0.2, 0.25) is 0 Å². The Morgan fingerprint density at radius 3 is 2.76 bits per heavy atom. The van der Waals surface area contributed by atoms with Crippen molar-refractivity contribution in [2.75, 3.05) is 5.32 Å². The minimum absolute atomic E-state index is 0.0217. The van der Waals surface area contributed by atoms with Crippen LogP contribution in [0.4, 0.5) is 13.9 Å². The van der Waals surface area contributed by atoms with Gasteiger partial charge in [-0.1, -0.05) is 12.1 Å². The van der Waals surface area contributed by atoms with Crippen molar-refractivity contribution >= 4 is 22.4 Å². The molecule has 0 saturated heterocycles. The first-order valence-corrected chi connectivity index (χ1v) is 6.84. The lowest BCUT2D eigenvalue weighted by atomic mass is 10.2. The number of carbonyl (C=O) groups is 1. The lowest BCUT2D eigenvalue weighted by Crippen LogP contribution is -2.15. The number of hydrogen-bond acceptors (Lipinski definition) is 5. The SMILES string of the molecule is CC(O)c1csc(NC(=O)c2ccccc2OC(F)F)n1. The molecule has 0 aliphatic rings. The Labute approximate surface area is 123 Å². The number of thiazole rings is 1. The van der Waals surface area contributed by atoms with Gasteiger partial charge in [-0.3, -0.25) is 10.1 Å². The van der Waals surface area contributed by atoms with Crippen LogP contribution < -0.4 is 10.1 Å². The molecule has 0 radical (unpaired) electrons. The summed E-state index contributed by atoms with van der Waals surface area (Å²) in [6.07, 6.45) is -0.749. The average molecular weight is 314 g/mol. The van der Waals surface area contributed by atoms with Crippen LogP contribution in [0, 0.1) is 0 Å². The summed E-state index contributed by atoms with van der Waals surface area (Å²) >= 11 is 1.13. The third-order valence-corrected chi connectivity index (χ3v) is 3.29. The van der Waals surface area contributed by atoms with E-state index in [1.807, 2.05) is 0 Å². The van der Waals surface area contributed by atoms with E-state index >= 15 is 0 Å². The van der Waals surface area contributed by atoms with E-state index in [0.717, 1.165) is 11.3 Å². The number of hydrogen-bond donors (Lipinski definition) is 2. The van der Waals surface area contributed by atoms with Gasteiger partial charge in [0, 0.05) is 5.38 Å². The minimum Gasteiger partial charge on any atom is -0.434 e. The minimum atomic E-state index is -3.01. The summed E-state index contributed by atoms with van der Waals surface area (Å²) in [5.41, 5.74) is 0.402. The maximum atomic E-state index is 12.3. The van der Waals surface area contributed by atoms with Gasteiger partial charge in [-0.25, -0.2) is 4.98 Å². The predicted molar refractivity (Wildman–Crippen MR) is 73.8 cm³/mol. The van der Waals surface area contributed by atoms with E-state index in [1.54, 1.807) is 12.3 Å². The molecule has 2 N–H and O–H groups in total. The van der Waals surface area contributed by atoms with Crippen molar-refractivity contribution in [2.45, 2.75) is 19.6 Å². The Morgan fingerprint density at radius 2 is 2.14 bits per heavy atom. The van der Waals surface area contributed by atoms with Gasteiger partial charge in [-0.2, -0.15) is 8.78 Å². The fourth-order valence-electron chi connectivity index (χ4n) is 1.55. The van der Waals surface area contributed by atoms with Crippen molar-refractivity contribution in [2.24, 2.45) is 0 Å². The molecule has 1 amide bonds. The molecule has 8 heteroatoms. The van der Waals surface area contributed by atoms with Crippen molar-refractivity contribution in [3.8, 4) is 5.75 Å². The molecule has 0 fully saturated rings. The largest absolute Gasteiger partial charge is 0.434 e. The number of aliphatic hydroxyl groups excluding tert-OH is 1. The second-order valence-electron chi connectivity index (χ2n) is 4.08. The molecule has 0 bridgehead atoms. The van der Waals surface area contributed by atoms with Gasteiger partial charge in [-0.15, -0.1) is 11.3 Å². The van der Waals surface area contributed by atoms with Crippen LogP contribution in [-0.4, -0.2) is 22.6 Å². The van der Waals surface area contributed by atoms with Crippen LogP contribution >= 0.6 is 11.3 Å². The van der Waals surface area contributed by atoms with Gasteiger partial charge in [0.05, 0.1) is 17.4 Å². The van der Waals surface area contributed by atoms with Crippen LogP contribution in [0.3, 0.4) is 0 Å². The van der Waals surface area contributed by atoms with Crippen LogP contribution in [0.5, 0.6) is 5.75 Å². The van der Waals surface area contributed by atoms with Crippen molar-refractivity contribution < 1.29 is 23.4 Å². The zero-order chi connectivity index (χ0) is 15.4. The van der Waals surface area contributed by atoms with E-state index in [9.17, 15) is 18.7 Å². The zero-order valence-electron chi connectivity index (χ0n) is 10.9. The summed E-state index contributed by atoms with van der Waals surface area (Å²) in [4.78, 5) is 16.1. The molecule has 0 aliphatic heterocycles. The molecule has 112 valence electrons. The summed E-state index contributed by atoms with van der Waals surface area (Å²) in [5, 5.41) is 13.7. The number of halogens is 2. The molecule has 1 aromatic carbocycles. The molecular formula is C13H12F2N2O3S. The lowest BCUT2D eigenvalue weighted by molar-refractivity contribution is -0.0501. The Morgan fingerprint density at radius 1 is 1.43 bits per heavy atom. The standard InChI is InChI=1S/C13H12F2N2O3S/c1-7(18)9-6-21-13(16-9)17-11(19)8-4-2-3-5-10(8)20-12(14)15/h2-7,12,18H,1H3,(H,16,17,19). The maximum absolute atomic E-state index is 12.3. The number of rotatable bonds is 5. The number of aromatic nitrogens is 1. The molecular weight excluding hydrogens is 302 g/mol. The Bertz CT molecular complexity index is 631.